The first-order chi connectivity index (χ1) is 9.17. The number of urea groups is 1. The van der Waals surface area contributed by atoms with Crippen LogP contribution in [-0.2, 0) is 9.53 Å². The molecule has 3 N–H and O–H groups in total. The van der Waals surface area contributed by atoms with Gasteiger partial charge >= 0.3 is 18.2 Å². The molecule has 0 radical (unpaired) electrons. The quantitative estimate of drug-likeness (QED) is 0.713. The third kappa shape index (κ3) is 3.99. The topological polar surface area (TPSA) is 87.7 Å². The zero-order valence-corrected chi connectivity index (χ0v) is 10.9. The summed E-state index contributed by atoms with van der Waals surface area (Å²) in [6.45, 7) is 1.15. The molecular formula is C11H17F3N2O4. The highest BCUT2D eigenvalue weighted by Crippen LogP contribution is 2.30. The molecule has 0 aromatic carbocycles. The minimum Gasteiger partial charge on any atom is -0.479 e. The summed E-state index contributed by atoms with van der Waals surface area (Å²) in [6, 6.07) is -1.18. The fourth-order valence-electron chi connectivity index (χ4n) is 1.74. The van der Waals surface area contributed by atoms with E-state index in [1.165, 1.54) is 5.32 Å². The third-order valence-electron chi connectivity index (χ3n) is 3.13. The predicted octanol–water partition coefficient (Wildman–Crippen LogP) is 1.26. The number of hydrogen-bond acceptors (Lipinski definition) is 3. The molecule has 0 saturated carbocycles. The first kappa shape index (κ1) is 16.5. The van der Waals surface area contributed by atoms with Crippen LogP contribution in [0.5, 0.6) is 0 Å². The van der Waals surface area contributed by atoms with Crippen molar-refractivity contribution in [3.63, 3.8) is 0 Å². The molecule has 1 saturated heterocycles. The number of nitrogens with one attached hydrogen (secondary N) is 2. The Bertz CT molecular complexity index is 369. The van der Waals surface area contributed by atoms with Gasteiger partial charge in [-0.1, -0.05) is 0 Å². The SMILES string of the molecule is CC(NC(=O)NCCC1CCCO1)(C(=O)O)C(F)(F)F. The number of carboxylic acids is 1. The molecule has 2 atom stereocenters. The van der Waals surface area contributed by atoms with Gasteiger partial charge in [0, 0.05) is 13.2 Å². The molecule has 6 nitrogen and oxygen atoms in total. The van der Waals surface area contributed by atoms with Crippen LogP contribution in [0.2, 0.25) is 0 Å². The summed E-state index contributed by atoms with van der Waals surface area (Å²) in [6.07, 6.45) is -2.86. The fraction of sp³-hybridized carbons (Fsp3) is 0.818. The Morgan fingerprint density at radius 1 is 1.40 bits per heavy atom. The van der Waals surface area contributed by atoms with Crippen molar-refractivity contribution in [1.29, 1.82) is 0 Å². The summed E-state index contributed by atoms with van der Waals surface area (Å²) in [4.78, 5) is 22.1. The Labute approximate surface area is 113 Å². The van der Waals surface area contributed by atoms with Crippen molar-refractivity contribution in [2.45, 2.75) is 44.0 Å². The Kier molecular flexibility index (Phi) is 5.21. The minimum atomic E-state index is -5.09. The molecule has 0 bridgehead atoms. The van der Waals surface area contributed by atoms with E-state index in [0.29, 0.717) is 20.0 Å². The van der Waals surface area contributed by atoms with Gasteiger partial charge in [-0.25, -0.2) is 9.59 Å². The molecule has 1 rings (SSSR count). The third-order valence-corrected chi connectivity index (χ3v) is 3.13. The smallest absolute Gasteiger partial charge is 0.422 e. The van der Waals surface area contributed by atoms with Crippen LogP contribution < -0.4 is 10.6 Å². The van der Waals surface area contributed by atoms with Crippen LogP contribution in [0.15, 0.2) is 0 Å². The summed E-state index contributed by atoms with van der Waals surface area (Å²) in [5.74, 6) is -2.17. The second kappa shape index (κ2) is 6.29. The number of hydrogen-bond donors (Lipinski definition) is 3. The number of carbonyl (C=O) groups is 2. The van der Waals surface area contributed by atoms with Gasteiger partial charge in [0.25, 0.3) is 0 Å². The Morgan fingerprint density at radius 2 is 2.05 bits per heavy atom. The molecule has 0 spiro atoms. The molecule has 20 heavy (non-hydrogen) atoms. The lowest BCUT2D eigenvalue weighted by molar-refractivity contribution is -0.203. The minimum absolute atomic E-state index is 0.0104. The van der Waals surface area contributed by atoms with Crippen molar-refractivity contribution in [3.05, 3.63) is 0 Å². The van der Waals surface area contributed by atoms with Gasteiger partial charge in [0.2, 0.25) is 5.54 Å². The lowest BCUT2D eigenvalue weighted by atomic mass is 10.0. The zero-order valence-electron chi connectivity index (χ0n) is 10.9. The van der Waals surface area contributed by atoms with Crippen LogP contribution in [0.3, 0.4) is 0 Å². The van der Waals surface area contributed by atoms with Crippen molar-refractivity contribution >= 4 is 12.0 Å². The summed E-state index contributed by atoms with van der Waals surface area (Å²) in [5, 5.41) is 12.3. The number of carbonyl (C=O) groups excluding carboxylic acids is 1. The highest BCUT2D eigenvalue weighted by molar-refractivity contribution is 5.86. The summed E-state index contributed by atoms with van der Waals surface area (Å²) in [5.41, 5.74) is -3.32. The molecular weight excluding hydrogens is 281 g/mol. The molecule has 0 aliphatic carbocycles. The number of aliphatic carboxylic acids is 1. The standard InChI is InChI=1S/C11H17F3N2O4/c1-10(8(17)18,11(12,13)14)16-9(19)15-5-4-7-3-2-6-20-7/h7H,2-6H2,1H3,(H,17,18)(H2,15,16,19). The van der Waals surface area contributed by atoms with Crippen molar-refractivity contribution in [2.24, 2.45) is 0 Å². The first-order valence-corrected chi connectivity index (χ1v) is 6.14. The maximum atomic E-state index is 12.6. The first-order valence-electron chi connectivity index (χ1n) is 6.14. The van der Waals surface area contributed by atoms with E-state index in [4.69, 9.17) is 9.84 Å². The molecule has 0 aromatic rings. The molecule has 116 valence electrons. The van der Waals surface area contributed by atoms with E-state index in [0.717, 1.165) is 12.8 Å². The van der Waals surface area contributed by atoms with Crippen LogP contribution in [0.4, 0.5) is 18.0 Å². The largest absolute Gasteiger partial charge is 0.479 e. The Morgan fingerprint density at radius 3 is 2.50 bits per heavy atom. The van der Waals surface area contributed by atoms with Crippen LogP contribution in [0.25, 0.3) is 0 Å². The molecule has 0 aromatic heterocycles. The average molecular weight is 298 g/mol. The molecule has 1 aliphatic heterocycles. The number of carboxylic acid groups (broad SMARTS) is 1. The van der Waals surface area contributed by atoms with E-state index in [2.05, 4.69) is 5.32 Å². The fourth-order valence-corrected chi connectivity index (χ4v) is 1.74. The zero-order chi connectivity index (χ0) is 15.4. The molecule has 2 unspecified atom stereocenters. The van der Waals surface area contributed by atoms with Crippen LogP contribution >= 0.6 is 0 Å². The van der Waals surface area contributed by atoms with Gasteiger partial charge in [0.1, 0.15) is 0 Å². The van der Waals surface area contributed by atoms with Gasteiger partial charge in [0.15, 0.2) is 0 Å². The molecule has 1 fully saturated rings. The Hall–Kier alpha value is -1.51. The maximum Gasteiger partial charge on any atom is 0.422 e. The number of rotatable bonds is 5. The number of alkyl halides is 3. The second-order valence-corrected chi connectivity index (χ2v) is 4.73. The van der Waals surface area contributed by atoms with Gasteiger partial charge in [-0.2, -0.15) is 13.2 Å². The maximum absolute atomic E-state index is 12.6. The van der Waals surface area contributed by atoms with Crippen LogP contribution in [0, 0.1) is 0 Å². The van der Waals surface area contributed by atoms with E-state index in [1.54, 1.807) is 0 Å². The predicted molar refractivity (Wildman–Crippen MR) is 62.2 cm³/mol. The van der Waals surface area contributed by atoms with E-state index < -0.39 is 23.7 Å². The van der Waals surface area contributed by atoms with Gasteiger partial charge in [-0.3, -0.25) is 0 Å². The lowest BCUT2D eigenvalue weighted by Crippen LogP contribution is -2.63. The number of amides is 2. The van der Waals surface area contributed by atoms with Gasteiger partial charge < -0.3 is 20.5 Å². The Balaban J connectivity index is 2.44. The number of ether oxygens (including phenoxy) is 1. The van der Waals surface area contributed by atoms with Crippen molar-refractivity contribution in [2.75, 3.05) is 13.2 Å². The van der Waals surface area contributed by atoms with E-state index in [9.17, 15) is 22.8 Å². The summed E-state index contributed by atoms with van der Waals surface area (Å²) >= 11 is 0. The van der Waals surface area contributed by atoms with Gasteiger partial charge in [-0.15, -0.1) is 0 Å². The van der Waals surface area contributed by atoms with Crippen LogP contribution in [-0.4, -0.2) is 48.1 Å². The van der Waals surface area contributed by atoms with Gasteiger partial charge in [0.05, 0.1) is 6.10 Å². The monoisotopic (exact) mass is 298 g/mol. The molecule has 1 heterocycles. The van der Waals surface area contributed by atoms with Gasteiger partial charge in [-0.05, 0) is 26.2 Å². The van der Waals surface area contributed by atoms with Crippen molar-refractivity contribution < 1.29 is 32.6 Å². The molecule has 9 heteroatoms. The second-order valence-electron chi connectivity index (χ2n) is 4.73. The van der Waals surface area contributed by atoms with Crippen molar-refractivity contribution in [3.8, 4) is 0 Å². The van der Waals surface area contributed by atoms with E-state index in [1.807, 2.05) is 0 Å². The summed E-state index contributed by atoms with van der Waals surface area (Å²) < 4.78 is 43.2. The average Bonchev–Trinajstić information content (AvgIpc) is 2.80. The molecule has 2 amide bonds. The highest BCUT2D eigenvalue weighted by Gasteiger charge is 2.58. The highest BCUT2D eigenvalue weighted by atomic mass is 19.4. The van der Waals surface area contributed by atoms with Crippen LogP contribution in [0.1, 0.15) is 26.2 Å². The number of halogens is 3. The van der Waals surface area contributed by atoms with E-state index in [-0.39, 0.29) is 12.6 Å². The van der Waals surface area contributed by atoms with E-state index >= 15 is 0 Å². The normalized spacial score (nSPS) is 22.1. The molecule has 1 aliphatic rings. The van der Waals surface area contributed by atoms with Crippen molar-refractivity contribution in [1.82, 2.24) is 10.6 Å². The summed E-state index contributed by atoms with van der Waals surface area (Å²) in [7, 11) is 0. The lowest BCUT2D eigenvalue weighted by Gasteiger charge is -2.28.